The molecular weight excluding hydrogens is 864 g/mol. The molecular formula is C36H19N7O2PdPt. The fraction of sp³-hybridized carbons (Fsp3) is 0. The van der Waals surface area contributed by atoms with Gasteiger partial charge in [-0.15, -0.1) is 35.4 Å². The summed E-state index contributed by atoms with van der Waals surface area (Å²) in [5, 5.41) is 1.84. The van der Waals surface area contributed by atoms with E-state index in [1.807, 2.05) is 65.2 Å². The Hall–Kier alpha value is -5.13. The number of pyridine rings is 4. The molecule has 0 spiro atoms. The Labute approximate surface area is 297 Å². The molecule has 11 heteroatoms. The number of rotatable bonds is 7. The largest absolute Gasteiger partial charge is 2.00 e. The van der Waals surface area contributed by atoms with Crippen molar-refractivity contribution in [3.8, 4) is 51.5 Å². The third-order valence-electron chi connectivity index (χ3n) is 6.91. The standard InChI is InChI=1S/C36H19N7O2.Pd.Pt/c1-3-12-39-32(6-1)24-16-28(22-37-20-24)44-26-8-10-30-31-11-9-27(19-35(31)43(34(30)18-26)36-41-14-5-15-42-36)45-29-17-25(21-38-23-29)33-7-2-4-13-40-33;;/h1-15,20-23H;;/q-4;2*+2. The van der Waals surface area contributed by atoms with Crippen LogP contribution < -0.4 is 9.47 Å². The third-order valence-corrected chi connectivity index (χ3v) is 6.91. The van der Waals surface area contributed by atoms with Gasteiger partial charge in [0, 0.05) is 36.3 Å². The van der Waals surface area contributed by atoms with E-state index in [-0.39, 0.29) is 41.5 Å². The van der Waals surface area contributed by atoms with Crippen LogP contribution in [0.1, 0.15) is 0 Å². The van der Waals surface area contributed by atoms with Crippen molar-refractivity contribution in [2.24, 2.45) is 0 Å². The van der Waals surface area contributed by atoms with Gasteiger partial charge in [-0.3, -0.25) is 0 Å². The van der Waals surface area contributed by atoms with Crippen LogP contribution in [-0.4, -0.2) is 34.5 Å². The molecule has 230 valence electrons. The Balaban J connectivity index is 0.00000193. The predicted octanol–water partition coefficient (Wildman–Crippen LogP) is 7.27. The first kappa shape index (κ1) is 31.8. The summed E-state index contributed by atoms with van der Waals surface area (Å²) in [4.78, 5) is 26.5. The number of hydrogen-bond donors (Lipinski definition) is 0. The van der Waals surface area contributed by atoms with Crippen molar-refractivity contribution in [3.05, 3.63) is 141 Å². The molecule has 8 aromatic rings. The van der Waals surface area contributed by atoms with Gasteiger partial charge in [-0.05, 0) is 42.0 Å². The molecule has 0 bridgehead atoms. The van der Waals surface area contributed by atoms with Crippen LogP contribution in [0.5, 0.6) is 23.0 Å². The normalized spacial score (nSPS) is 10.6. The van der Waals surface area contributed by atoms with Crippen molar-refractivity contribution in [1.82, 2.24) is 34.5 Å². The molecule has 0 N–H and O–H groups in total. The molecule has 6 aromatic heterocycles. The molecule has 8 rings (SSSR count). The minimum absolute atomic E-state index is 0. The summed E-state index contributed by atoms with van der Waals surface area (Å²) in [5.41, 5.74) is 4.37. The Bertz CT molecular complexity index is 2150. The van der Waals surface area contributed by atoms with Crippen molar-refractivity contribution in [1.29, 1.82) is 0 Å². The Morgan fingerprint density at radius 2 is 0.979 bits per heavy atom. The molecule has 0 unspecified atom stereocenters. The summed E-state index contributed by atoms with van der Waals surface area (Å²) in [5.74, 6) is 2.28. The number of benzene rings is 2. The van der Waals surface area contributed by atoms with Gasteiger partial charge in [0.2, 0.25) is 5.95 Å². The fourth-order valence-corrected chi connectivity index (χ4v) is 4.95. The molecule has 0 aliphatic carbocycles. The van der Waals surface area contributed by atoms with Crippen molar-refractivity contribution in [3.63, 3.8) is 0 Å². The van der Waals surface area contributed by atoms with Crippen molar-refractivity contribution >= 4 is 21.8 Å². The van der Waals surface area contributed by atoms with E-state index in [2.05, 4.69) is 54.2 Å². The summed E-state index contributed by atoms with van der Waals surface area (Å²) in [6.07, 6.45) is 13.4. The van der Waals surface area contributed by atoms with E-state index in [1.165, 1.54) is 0 Å². The first-order valence-corrected chi connectivity index (χ1v) is 13.9. The smallest absolute Gasteiger partial charge is 0.501 e. The average Bonchev–Trinajstić information content (AvgIpc) is 3.42. The van der Waals surface area contributed by atoms with Gasteiger partial charge in [-0.2, -0.15) is 22.9 Å². The maximum Gasteiger partial charge on any atom is 2.00 e. The van der Waals surface area contributed by atoms with Crippen molar-refractivity contribution in [2.75, 3.05) is 0 Å². The zero-order valence-electron chi connectivity index (χ0n) is 24.0. The fourth-order valence-electron chi connectivity index (χ4n) is 4.95. The van der Waals surface area contributed by atoms with Gasteiger partial charge in [-0.25, -0.2) is 9.97 Å². The minimum Gasteiger partial charge on any atom is -0.501 e. The SMILES string of the molecule is [Pd+2].[Pt+2].[c-]1c(Oc2[c-]c3c(cc2)c2ccc(Oc4[c-]c(-c5ccccn5)cnc4)[c-]c2n3-c2ncccn2)cncc1-c1ccccn1. The molecule has 0 amide bonds. The van der Waals surface area contributed by atoms with Gasteiger partial charge in [0.15, 0.2) is 0 Å². The topological polar surface area (TPSA) is 101 Å². The summed E-state index contributed by atoms with van der Waals surface area (Å²) >= 11 is 0. The maximum atomic E-state index is 6.18. The van der Waals surface area contributed by atoms with E-state index in [0.29, 0.717) is 40.0 Å². The molecule has 0 aliphatic rings. The number of nitrogens with zero attached hydrogens (tertiary/aromatic N) is 7. The van der Waals surface area contributed by atoms with E-state index < -0.39 is 0 Å². The molecule has 0 saturated heterocycles. The summed E-state index contributed by atoms with van der Waals surface area (Å²) in [7, 11) is 0. The van der Waals surface area contributed by atoms with Crippen LogP contribution >= 0.6 is 0 Å². The quantitative estimate of drug-likeness (QED) is 0.122. The molecule has 2 aromatic carbocycles. The second-order valence-electron chi connectivity index (χ2n) is 9.81. The van der Waals surface area contributed by atoms with Gasteiger partial charge in [0.25, 0.3) is 0 Å². The van der Waals surface area contributed by atoms with Crippen molar-refractivity contribution < 1.29 is 51.0 Å². The zero-order valence-corrected chi connectivity index (χ0v) is 27.9. The van der Waals surface area contributed by atoms with Gasteiger partial charge >= 0.3 is 41.5 Å². The summed E-state index contributed by atoms with van der Waals surface area (Å²) < 4.78 is 14.2. The first-order chi connectivity index (χ1) is 22.3. The average molecular weight is 883 g/mol. The van der Waals surface area contributed by atoms with E-state index in [9.17, 15) is 0 Å². The Morgan fingerprint density at radius 3 is 1.45 bits per heavy atom. The first-order valence-electron chi connectivity index (χ1n) is 13.9. The zero-order chi connectivity index (χ0) is 30.0. The van der Waals surface area contributed by atoms with Crippen LogP contribution in [0.25, 0.3) is 50.3 Å². The molecule has 0 aliphatic heterocycles. The Kier molecular flexibility index (Phi) is 9.55. The molecule has 0 saturated carbocycles. The monoisotopic (exact) mass is 882 g/mol. The maximum absolute atomic E-state index is 6.18. The minimum atomic E-state index is 0. The number of aromatic nitrogens is 7. The molecule has 0 fully saturated rings. The summed E-state index contributed by atoms with van der Waals surface area (Å²) in [6.45, 7) is 0. The van der Waals surface area contributed by atoms with Gasteiger partial charge in [0.1, 0.15) is 0 Å². The molecule has 47 heavy (non-hydrogen) atoms. The molecule has 9 nitrogen and oxygen atoms in total. The number of ether oxygens (including phenoxy) is 2. The number of hydrogen-bond acceptors (Lipinski definition) is 8. The van der Waals surface area contributed by atoms with Crippen LogP contribution in [-0.2, 0) is 41.5 Å². The summed E-state index contributed by atoms with van der Waals surface area (Å²) in [6, 6.07) is 34.1. The van der Waals surface area contributed by atoms with E-state index in [1.54, 1.807) is 55.6 Å². The molecule has 0 radical (unpaired) electrons. The van der Waals surface area contributed by atoms with Gasteiger partial charge < -0.3 is 34.0 Å². The number of fused-ring (bicyclic) bond motifs is 3. The van der Waals surface area contributed by atoms with E-state index in [0.717, 1.165) is 33.3 Å². The predicted molar refractivity (Wildman–Crippen MR) is 167 cm³/mol. The van der Waals surface area contributed by atoms with Crippen molar-refractivity contribution in [2.45, 2.75) is 0 Å². The van der Waals surface area contributed by atoms with Gasteiger partial charge in [0.05, 0.1) is 11.5 Å². The second-order valence-corrected chi connectivity index (χ2v) is 9.81. The van der Waals surface area contributed by atoms with E-state index in [4.69, 9.17) is 9.47 Å². The van der Waals surface area contributed by atoms with Crippen LogP contribution in [0.3, 0.4) is 0 Å². The molecule has 6 heterocycles. The molecule has 0 atom stereocenters. The van der Waals surface area contributed by atoms with Crippen LogP contribution in [0.4, 0.5) is 0 Å². The van der Waals surface area contributed by atoms with Crippen LogP contribution in [0, 0.1) is 24.3 Å². The third kappa shape index (κ3) is 6.58. The second kappa shape index (κ2) is 14.1. The Morgan fingerprint density at radius 1 is 0.489 bits per heavy atom. The van der Waals surface area contributed by atoms with Crippen LogP contribution in [0.15, 0.2) is 116 Å². The van der Waals surface area contributed by atoms with E-state index >= 15 is 0 Å². The van der Waals surface area contributed by atoms with Crippen LogP contribution in [0.2, 0.25) is 0 Å². The van der Waals surface area contributed by atoms with Gasteiger partial charge in [-0.1, -0.05) is 59.8 Å².